The Morgan fingerprint density at radius 2 is 1.80 bits per heavy atom. The van der Waals surface area contributed by atoms with Crippen molar-refractivity contribution in [1.82, 2.24) is 15.5 Å². The molecule has 3 N–H and O–H groups in total. The summed E-state index contributed by atoms with van der Waals surface area (Å²) in [6.45, 7) is 12.3. The first kappa shape index (κ1) is 25.3. The summed E-state index contributed by atoms with van der Waals surface area (Å²) in [7, 11) is 0. The van der Waals surface area contributed by atoms with E-state index in [1.54, 1.807) is 32.9 Å². The van der Waals surface area contributed by atoms with Crippen LogP contribution in [0.25, 0.3) is 0 Å². The highest BCUT2D eigenvalue weighted by Crippen LogP contribution is 2.27. The summed E-state index contributed by atoms with van der Waals surface area (Å²) in [5, 5.41) is 15.2. The fourth-order valence-corrected chi connectivity index (χ4v) is 2.89. The SMILES string of the molecule is CCC(C)N(C(=O)CNC(=O)OC(C)(C)C)C(C(=O)NC(C)C)c1cccc(O)c1. The van der Waals surface area contributed by atoms with Gasteiger partial charge in [0.25, 0.3) is 0 Å². The molecule has 168 valence electrons. The molecule has 1 rings (SSSR count). The highest BCUT2D eigenvalue weighted by atomic mass is 16.6. The number of hydrogen-bond donors (Lipinski definition) is 3. The van der Waals surface area contributed by atoms with Crippen LogP contribution in [0, 0.1) is 0 Å². The topological polar surface area (TPSA) is 108 Å². The molecule has 0 aliphatic heterocycles. The van der Waals surface area contributed by atoms with E-state index in [0.29, 0.717) is 12.0 Å². The maximum absolute atomic E-state index is 13.1. The van der Waals surface area contributed by atoms with Crippen molar-refractivity contribution < 1.29 is 24.2 Å². The maximum Gasteiger partial charge on any atom is 0.408 e. The molecule has 0 bridgehead atoms. The molecule has 0 aliphatic rings. The first-order chi connectivity index (χ1) is 13.9. The van der Waals surface area contributed by atoms with Crippen molar-refractivity contribution >= 4 is 17.9 Å². The minimum absolute atomic E-state index is 0.00159. The Bertz CT molecular complexity index is 743. The quantitative estimate of drug-likeness (QED) is 0.598. The molecule has 0 saturated heterocycles. The number of rotatable bonds is 8. The number of amides is 3. The van der Waals surface area contributed by atoms with Crippen LogP contribution in [0.4, 0.5) is 4.79 Å². The van der Waals surface area contributed by atoms with Gasteiger partial charge in [-0.05, 0) is 65.7 Å². The Hall–Kier alpha value is -2.77. The summed E-state index contributed by atoms with van der Waals surface area (Å²) in [6, 6.07) is 4.90. The smallest absolute Gasteiger partial charge is 0.408 e. The monoisotopic (exact) mass is 421 g/mol. The Kier molecular flexibility index (Phi) is 9.14. The number of phenolic OH excluding ortho intramolecular Hbond substituents is 1. The Labute approximate surface area is 179 Å². The van der Waals surface area contributed by atoms with Gasteiger partial charge in [0.2, 0.25) is 11.8 Å². The van der Waals surface area contributed by atoms with Gasteiger partial charge in [-0.25, -0.2) is 4.79 Å². The zero-order valence-corrected chi connectivity index (χ0v) is 19.0. The first-order valence-corrected chi connectivity index (χ1v) is 10.2. The number of carbonyl (C=O) groups excluding carboxylic acids is 3. The predicted octanol–water partition coefficient (Wildman–Crippen LogP) is 3.11. The summed E-state index contributed by atoms with van der Waals surface area (Å²) >= 11 is 0. The summed E-state index contributed by atoms with van der Waals surface area (Å²) < 4.78 is 5.18. The van der Waals surface area contributed by atoms with Crippen molar-refractivity contribution in [3.8, 4) is 5.75 Å². The van der Waals surface area contributed by atoms with Gasteiger partial charge in [-0.1, -0.05) is 19.1 Å². The number of carbonyl (C=O) groups is 3. The number of alkyl carbamates (subject to hydrolysis) is 1. The molecule has 1 aromatic carbocycles. The maximum atomic E-state index is 13.1. The summed E-state index contributed by atoms with van der Waals surface area (Å²) in [5.41, 5.74) is -0.204. The van der Waals surface area contributed by atoms with Gasteiger partial charge in [-0.3, -0.25) is 9.59 Å². The second-order valence-electron chi connectivity index (χ2n) is 8.57. The molecular weight excluding hydrogens is 386 g/mol. The van der Waals surface area contributed by atoms with Crippen molar-refractivity contribution in [2.75, 3.05) is 6.54 Å². The van der Waals surface area contributed by atoms with Gasteiger partial charge in [-0.2, -0.15) is 0 Å². The average molecular weight is 422 g/mol. The molecule has 0 spiro atoms. The highest BCUT2D eigenvalue weighted by molar-refractivity contribution is 5.90. The molecule has 0 aromatic heterocycles. The molecule has 0 saturated carbocycles. The lowest BCUT2D eigenvalue weighted by atomic mass is 10.0. The van der Waals surface area contributed by atoms with Gasteiger partial charge >= 0.3 is 6.09 Å². The van der Waals surface area contributed by atoms with Gasteiger partial charge in [-0.15, -0.1) is 0 Å². The predicted molar refractivity (Wildman–Crippen MR) is 115 cm³/mol. The highest BCUT2D eigenvalue weighted by Gasteiger charge is 2.34. The number of phenols is 1. The molecule has 1 aromatic rings. The van der Waals surface area contributed by atoms with Gasteiger partial charge < -0.3 is 25.4 Å². The number of aromatic hydroxyl groups is 1. The third-order valence-corrected chi connectivity index (χ3v) is 4.28. The van der Waals surface area contributed by atoms with Crippen LogP contribution in [0.3, 0.4) is 0 Å². The average Bonchev–Trinajstić information content (AvgIpc) is 2.61. The van der Waals surface area contributed by atoms with Gasteiger partial charge in [0, 0.05) is 12.1 Å². The molecule has 2 atom stereocenters. The van der Waals surface area contributed by atoms with Crippen LogP contribution in [0.5, 0.6) is 5.75 Å². The third kappa shape index (κ3) is 7.93. The first-order valence-electron chi connectivity index (χ1n) is 10.2. The van der Waals surface area contributed by atoms with E-state index in [1.165, 1.54) is 17.0 Å². The fraction of sp³-hybridized carbons (Fsp3) is 0.591. The van der Waals surface area contributed by atoms with Gasteiger partial charge in [0.1, 0.15) is 23.9 Å². The number of nitrogens with one attached hydrogen (secondary N) is 2. The van der Waals surface area contributed by atoms with E-state index >= 15 is 0 Å². The zero-order chi connectivity index (χ0) is 23.1. The minimum atomic E-state index is -0.956. The van der Waals surface area contributed by atoms with Gasteiger partial charge in [0.15, 0.2) is 0 Å². The number of ether oxygens (including phenoxy) is 1. The van der Waals surface area contributed by atoms with E-state index in [0.717, 1.165) is 0 Å². The second kappa shape index (κ2) is 10.8. The Morgan fingerprint density at radius 1 is 1.17 bits per heavy atom. The van der Waals surface area contributed by atoms with Crippen molar-refractivity contribution in [3.63, 3.8) is 0 Å². The molecule has 3 amide bonds. The lowest BCUT2D eigenvalue weighted by molar-refractivity contribution is -0.142. The van der Waals surface area contributed by atoms with E-state index in [2.05, 4.69) is 10.6 Å². The van der Waals surface area contributed by atoms with Crippen LogP contribution in [-0.4, -0.2) is 52.1 Å². The van der Waals surface area contributed by atoms with Crippen LogP contribution >= 0.6 is 0 Å². The molecule has 30 heavy (non-hydrogen) atoms. The molecule has 8 heteroatoms. The second-order valence-corrected chi connectivity index (χ2v) is 8.57. The van der Waals surface area contributed by atoms with Crippen LogP contribution in [0.1, 0.15) is 66.5 Å². The molecule has 0 heterocycles. The van der Waals surface area contributed by atoms with Crippen LogP contribution in [0.15, 0.2) is 24.3 Å². The Balaban J connectivity index is 3.21. The Morgan fingerprint density at radius 3 is 2.30 bits per heavy atom. The fourth-order valence-electron chi connectivity index (χ4n) is 2.89. The van der Waals surface area contributed by atoms with Crippen molar-refractivity contribution in [2.24, 2.45) is 0 Å². The summed E-state index contributed by atoms with van der Waals surface area (Å²) in [5.74, 6) is -0.790. The summed E-state index contributed by atoms with van der Waals surface area (Å²) in [4.78, 5) is 39.6. The summed E-state index contributed by atoms with van der Waals surface area (Å²) in [6.07, 6.45) is -0.108. The van der Waals surface area contributed by atoms with Crippen molar-refractivity contribution in [3.05, 3.63) is 29.8 Å². The third-order valence-electron chi connectivity index (χ3n) is 4.28. The van der Waals surface area contributed by atoms with Crippen LogP contribution < -0.4 is 10.6 Å². The van der Waals surface area contributed by atoms with Crippen molar-refractivity contribution in [2.45, 2.75) is 78.6 Å². The molecule has 2 unspecified atom stereocenters. The lowest BCUT2D eigenvalue weighted by Crippen LogP contribution is -2.51. The van der Waals surface area contributed by atoms with E-state index in [4.69, 9.17) is 4.74 Å². The van der Waals surface area contributed by atoms with Crippen molar-refractivity contribution in [1.29, 1.82) is 0 Å². The van der Waals surface area contributed by atoms with E-state index in [9.17, 15) is 19.5 Å². The molecule has 0 radical (unpaired) electrons. The minimum Gasteiger partial charge on any atom is -0.508 e. The molecular formula is C22H35N3O5. The van der Waals surface area contributed by atoms with Crippen LogP contribution in [-0.2, 0) is 14.3 Å². The largest absolute Gasteiger partial charge is 0.508 e. The standard InChI is InChI=1S/C22H35N3O5/c1-8-15(4)25(18(27)13-23-21(29)30-22(5,6)7)19(20(28)24-14(2)3)16-10-9-11-17(26)12-16/h9-12,14-15,19,26H,8,13H2,1-7H3,(H,23,29)(H,24,28). The van der Waals surface area contributed by atoms with E-state index in [1.807, 2.05) is 27.7 Å². The zero-order valence-electron chi connectivity index (χ0n) is 19.0. The molecule has 0 aliphatic carbocycles. The molecule has 8 nitrogen and oxygen atoms in total. The van der Waals surface area contributed by atoms with Gasteiger partial charge in [0.05, 0.1) is 0 Å². The normalized spacial score (nSPS) is 13.3. The number of hydrogen-bond acceptors (Lipinski definition) is 5. The molecule has 0 fully saturated rings. The lowest BCUT2D eigenvalue weighted by Gasteiger charge is -2.36. The van der Waals surface area contributed by atoms with E-state index < -0.39 is 23.6 Å². The van der Waals surface area contributed by atoms with E-state index in [-0.39, 0.29) is 30.3 Å². The number of benzene rings is 1. The number of nitrogens with zero attached hydrogens (tertiary/aromatic N) is 1. The van der Waals surface area contributed by atoms with Crippen LogP contribution in [0.2, 0.25) is 0 Å².